The van der Waals surface area contributed by atoms with E-state index in [1.165, 1.54) is 6.20 Å². The lowest BCUT2D eigenvalue weighted by atomic mass is 10.1. The van der Waals surface area contributed by atoms with Crippen molar-refractivity contribution in [2.75, 3.05) is 6.61 Å². The summed E-state index contributed by atoms with van der Waals surface area (Å²) in [5, 5.41) is 12.8. The molecule has 84 valence electrons. The molecule has 0 bridgehead atoms. The lowest BCUT2D eigenvalue weighted by Gasteiger charge is -2.07. The molecule has 1 heterocycles. The van der Waals surface area contributed by atoms with Gasteiger partial charge in [-0.2, -0.15) is 18.3 Å². The Morgan fingerprint density at radius 2 is 2.20 bits per heavy atom. The molecule has 0 spiro atoms. The number of halogens is 3. The van der Waals surface area contributed by atoms with E-state index in [0.717, 1.165) is 10.2 Å². The molecular weight excluding hydrogens is 209 g/mol. The van der Waals surface area contributed by atoms with Gasteiger partial charge in [-0.3, -0.25) is 4.68 Å². The number of rotatable bonds is 2. The van der Waals surface area contributed by atoms with E-state index in [-0.39, 0.29) is 12.5 Å². The van der Waals surface area contributed by atoms with Crippen LogP contribution in [-0.4, -0.2) is 27.7 Å². The molecule has 0 amide bonds. The van der Waals surface area contributed by atoms with Gasteiger partial charge < -0.3 is 5.11 Å². The predicted molar refractivity (Wildman–Crippen MR) is 46.3 cm³/mol. The van der Waals surface area contributed by atoms with Gasteiger partial charge in [-0.1, -0.05) is 0 Å². The van der Waals surface area contributed by atoms with Gasteiger partial charge in [-0.05, 0) is 24.3 Å². The Kier molecular flexibility index (Phi) is 2.46. The van der Waals surface area contributed by atoms with Gasteiger partial charge in [0.15, 0.2) is 0 Å². The molecule has 0 aromatic carbocycles. The second-order valence-corrected chi connectivity index (χ2v) is 3.87. The summed E-state index contributed by atoms with van der Waals surface area (Å²) in [4.78, 5) is 0. The second-order valence-electron chi connectivity index (χ2n) is 3.87. The van der Waals surface area contributed by atoms with Gasteiger partial charge in [0.2, 0.25) is 0 Å². The topological polar surface area (TPSA) is 38.0 Å². The first-order chi connectivity index (χ1) is 6.98. The summed E-state index contributed by atoms with van der Waals surface area (Å²) in [5.41, 5.74) is 1.52. The van der Waals surface area contributed by atoms with Crippen molar-refractivity contribution in [3.63, 3.8) is 0 Å². The molecule has 0 saturated heterocycles. The molecule has 1 aromatic heterocycles. The van der Waals surface area contributed by atoms with Crippen molar-refractivity contribution in [2.24, 2.45) is 5.92 Å². The Hall–Kier alpha value is -1.04. The van der Waals surface area contributed by atoms with Gasteiger partial charge in [-0.15, -0.1) is 0 Å². The van der Waals surface area contributed by atoms with E-state index in [4.69, 9.17) is 5.11 Å². The Morgan fingerprint density at radius 3 is 2.73 bits per heavy atom. The summed E-state index contributed by atoms with van der Waals surface area (Å²) >= 11 is 0. The third-order valence-electron chi connectivity index (χ3n) is 2.51. The number of fused-ring (bicyclic) bond motifs is 1. The standard InChI is InChI=1S/C9H11F3N2O/c10-9(11,12)5-14-3-7-1-6(4-15)2-8(7)13-14/h3,6,15H,1-2,4-5H2. The van der Waals surface area contributed by atoms with Crippen LogP contribution < -0.4 is 0 Å². The lowest BCUT2D eigenvalue weighted by molar-refractivity contribution is -0.142. The molecule has 0 fully saturated rings. The van der Waals surface area contributed by atoms with Crippen LogP contribution in [0.5, 0.6) is 0 Å². The molecule has 2 rings (SSSR count). The number of aliphatic hydroxyl groups is 1. The molecule has 0 aliphatic heterocycles. The number of nitrogens with zero attached hydrogens (tertiary/aromatic N) is 2. The normalized spacial score (nSPS) is 20.7. The maximum atomic E-state index is 12.0. The van der Waals surface area contributed by atoms with Gasteiger partial charge in [-0.25, -0.2) is 0 Å². The highest BCUT2D eigenvalue weighted by Gasteiger charge is 2.30. The maximum Gasteiger partial charge on any atom is 0.408 e. The van der Waals surface area contributed by atoms with Crippen LogP contribution in [0, 0.1) is 5.92 Å². The average molecular weight is 220 g/mol. The highest BCUT2D eigenvalue weighted by molar-refractivity contribution is 5.23. The molecule has 0 saturated carbocycles. The van der Waals surface area contributed by atoms with Crippen LogP contribution >= 0.6 is 0 Å². The van der Waals surface area contributed by atoms with Crippen molar-refractivity contribution >= 4 is 0 Å². The summed E-state index contributed by atoms with van der Waals surface area (Å²) < 4.78 is 37.1. The Labute approximate surface area is 84.5 Å². The minimum Gasteiger partial charge on any atom is -0.396 e. The van der Waals surface area contributed by atoms with E-state index < -0.39 is 12.7 Å². The fourth-order valence-electron chi connectivity index (χ4n) is 1.90. The highest BCUT2D eigenvalue weighted by Crippen LogP contribution is 2.26. The predicted octanol–water partition coefficient (Wildman–Crippen LogP) is 1.15. The minimum absolute atomic E-state index is 0.0651. The summed E-state index contributed by atoms with van der Waals surface area (Å²) in [6, 6.07) is 0. The van der Waals surface area contributed by atoms with E-state index in [1.54, 1.807) is 0 Å². The third-order valence-corrected chi connectivity index (χ3v) is 2.51. The minimum atomic E-state index is -4.23. The molecule has 0 radical (unpaired) electrons. The summed E-state index contributed by atoms with van der Waals surface area (Å²) in [7, 11) is 0. The first kappa shape index (κ1) is 10.5. The highest BCUT2D eigenvalue weighted by atomic mass is 19.4. The van der Waals surface area contributed by atoms with Crippen LogP contribution in [-0.2, 0) is 19.4 Å². The van der Waals surface area contributed by atoms with Crippen molar-refractivity contribution < 1.29 is 18.3 Å². The summed E-state index contributed by atoms with van der Waals surface area (Å²) in [6.45, 7) is -0.973. The van der Waals surface area contributed by atoms with Gasteiger partial charge in [0, 0.05) is 12.8 Å². The summed E-state index contributed by atoms with van der Waals surface area (Å²) in [6.07, 6.45) is -1.59. The SMILES string of the molecule is OCC1Cc2cn(CC(F)(F)F)nc2C1. The molecule has 1 N–H and O–H groups in total. The molecule has 1 aromatic rings. The molecule has 6 heteroatoms. The van der Waals surface area contributed by atoms with Gasteiger partial charge in [0.25, 0.3) is 0 Å². The molecule has 1 aliphatic carbocycles. The van der Waals surface area contributed by atoms with E-state index in [9.17, 15) is 13.2 Å². The molecule has 1 aliphatic rings. The number of alkyl halides is 3. The zero-order valence-electron chi connectivity index (χ0n) is 7.96. The van der Waals surface area contributed by atoms with Crippen LogP contribution in [0.25, 0.3) is 0 Å². The van der Waals surface area contributed by atoms with Crippen molar-refractivity contribution in [2.45, 2.75) is 25.6 Å². The van der Waals surface area contributed by atoms with Crippen molar-refractivity contribution in [3.8, 4) is 0 Å². The lowest BCUT2D eigenvalue weighted by Crippen LogP contribution is -2.18. The fraction of sp³-hybridized carbons (Fsp3) is 0.667. The Bertz CT molecular complexity index is 335. The van der Waals surface area contributed by atoms with Gasteiger partial charge in [0.05, 0.1) is 5.69 Å². The maximum absolute atomic E-state index is 12.0. The average Bonchev–Trinajstić information content (AvgIpc) is 2.57. The van der Waals surface area contributed by atoms with Crippen molar-refractivity contribution in [3.05, 3.63) is 17.5 Å². The van der Waals surface area contributed by atoms with Crippen LogP contribution in [0.3, 0.4) is 0 Å². The molecule has 3 nitrogen and oxygen atoms in total. The van der Waals surface area contributed by atoms with Crippen LogP contribution in [0.2, 0.25) is 0 Å². The molecule has 1 atom stereocenters. The Balaban J connectivity index is 2.08. The van der Waals surface area contributed by atoms with Crippen LogP contribution in [0.4, 0.5) is 13.2 Å². The molecule has 15 heavy (non-hydrogen) atoms. The van der Waals surface area contributed by atoms with Crippen molar-refractivity contribution in [1.29, 1.82) is 0 Å². The Morgan fingerprint density at radius 1 is 1.47 bits per heavy atom. The quantitative estimate of drug-likeness (QED) is 0.812. The number of hydrogen-bond donors (Lipinski definition) is 1. The monoisotopic (exact) mass is 220 g/mol. The van der Waals surface area contributed by atoms with Gasteiger partial charge >= 0.3 is 6.18 Å². The van der Waals surface area contributed by atoms with Crippen LogP contribution in [0.15, 0.2) is 6.20 Å². The van der Waals surface area contributed by atoms with E-state index in [2.05, 4.69) is 5.10 Å². The smallest absolute Gasteiger partial charge is 0.396 e. The first-order valence-corrected chi connectivity index (χ1v) is 4.71. The van der Waals surface area contributed by atoms with Crippen molar-refractivity contribution in [1.82, 2.24) is 9.78 Å². The largest absolute Gasteiger partial charge is 0.408 e. The number of aromatic nitrogens is 2. The van der Waals surface area contributed by atoms with E-state index in [1.807, 2.05) is 0 Å². The second kappa shape index (κ2) is 3.52. The van der Waals surface area contributed by atoms with E-state index in [0.29, 0.717) is 18.5 Å². The fourth-order valence-corrected chi connectivity index (χ4v) is 1.90. The third kappa shape index (κ3) is 2.31. The van der Waals surface area contributed by atoms with E-state index >= 15 is 0 Å². The zero-order chi connectivity index (χ0) is 11.1. The first-order valence-electron chi connectivity index (χ1n) is 4.71. The van der Waals surface area contributed by atoms with Crippen LogP contribution in [0.1, 0.15) is 11.3 Å². The number of hydrogen-bond acceptors (Lipinski definition) is 2. The van der Waals surface area contributed by atoms with Gasteiger partial charge in [0.1, 0.15) is 6.54 Å². The number of aliphatic hydroxyl groups excluding tert-OH is 1. The molecular formula is C9H11F3N2O. The molecule has 1 unspecified atom stereocenters. The zero-order valence-corrected chi connectivity index (χ0v) is 7.96. The summed E-state index contributed by atoms with van der Waals surface area (Å²) in [5.74, 6) is 0.128.